The second-order valence-corrected chi connectivity index (χ2v) is 12.5. The molecule has 0 amide bonds. The summed E-state index contributed by atoms with van der Waals surface area (Å²) in [7, 11) is 1.39. The van der Waals surface area contributed by atoms with Crippen molar-refractivity contribution in [2.24, 2.45) is 5.73 Å². The number of aliphatic hydroxyl groups excluding tert-OH is 2. The number of phenols is 1. The van der Waals surface area contributed by atoms with Crippen LogP contribution < -0.4 is 21.7 Å². The average molecular weight is 690 g/mol. The zero-order valence-electron chi connectivity index (χ0n) is 26.5. The molecule has 4 heterocycles. The molecule has 0 aliphatic carbocycles. The lowest BCUT2D eigenvalue weighted by Gasteiger charge is -2.50. The van der Waals surface area contributed by atoms with E-state index >= 15 is 0 Å². The van der Waals surface area contributed by atoms with Crippen LogP contribution in [-0.4, -0.2) is 88.4 Å². The lowest BCUT2D eigenvalue weighted by atomic mass is 9.86. The first kappa shape index (κ1) is 34.3. The summed E-state index contributed by atoms with van der Waals surface area (Å²) >= 11 is 0. The van der Waals surface area contributed by atoms with E-state index < -0.39 is 77.8 Å². The molecule has 0 bridgehead atoms. The number of aryl methyl sites for hydroxylation is 1. The maximum Gasteiger partial charge on any atom is 0.348 e. The van der Waals surface area contributed by atoms with Gasteiger partial charge in [-0.1, -0.05) is 18.2 Å². The second kappa shape index (κ2) is 12.1. The molecule has 3 aromatic carbocycles. The molecule has 0 radical (unpaired) electrons. The van der Waals surface area contributed by atoms with E-state index in [1.807, 2.05) is 0 Å². The highest BCUT2D eigenvalue weighted by Gasteiger charge is 2.56. The molecule has 48 heavy (non-hydrogen) atoms. The zero-order chi connectivity index (χ0) is 33.7. The third kappa shape index (κ3) is 4.94. The first-order chi connectivity index (χ1) is 22.3. The standard InChI is InChI=1S/C33H35NO13.ClH/c1-11-9-10-16-19-17(11)29(38)46-25-18-14(24(36)21(20(19)25)30(39)44-16)7-6-8-15(18)45-32-28(33(4,40)27(37)13(3)43-32)47-31-22(34)26(41-5)23(35)12(2)42-31;/h6-10,12-13,22-23,26-28,31-32,35-37,40H,34H2,1-5H3;1H. The Kier molecular flexibility index (Phi) is 8.64. The minimum Gasteiger partial charge on any atom is -0.506 e. The Morgan fingerprint density at radius 2 is 1.58 bits per heavy atom. The van der Waals surface area contributed by atoms with Gasteiger partial charge in [0.15, 0.2) is 18.0 Å². The molecule has 5 aromatic rings. The van der Waals surface area contributed by atoms with Crippen molar-refractivity contribution in [1.82, 2.24) is 0 Å². The summed E-state index contributed by atoms with van der Waals surface area (Å²) in [5.74, 6) is -0.386. The van der Waals surface area contributed by atoms with Crippen LogP contribution in [-0.2, 0) is 18.9 Å². The third-order valence-corrected chi connectivity index (χ3v) is 9.52. The van der Waals surface area contributed by atoms with E-state index in [0.29, 0.717) is 10.9 Å². The van der Waals surface area contributed by atoms with E-state index in [2.05, 4.69) is 0 Å². The van der Waals surface area contributed by atoms with Crippen molar-refractivity contribution in [3.63, 3.8) is 0 Å². The molecule has 258 valence electrons. The first-order valence-electron chi connectivity index (χ1n) is 15.2. The summed E-state index contributed by atoms with van der Waals surface area (Å²) in [6, 6.07) is 6.77. The maximum atomic E-state index is 13.4. The number of phenolic OH excluding ortho intramolecular Hbond substituents is 1. The molecular formula is C33H36ClNO13. The zero-order valence-corrected chi connectivity index (χ0v) is 27.3. The van der Waals surface area contributed by atoms with Gasteiger partial charge in [0.2, 0.25) is 6.29 Å². The van der Waals surface area contributed by atoms with Gasteiger partial charge >= 0.3 is 11.3 Å². The van der Waals surface area contributed by atoms with E-state index in [1.54, 1.807) is 32.0 Å². The highest BCUT2D eigenvalue weighted by molar-refractivity contribution is 6.28. The van der Waals surface area contributed by atoms with Crippen LogP contribution >= 0.6 is 12.4 Å². The lowest BCUT2D eigenvalue weighted by Crippen LogP contribution is -2.69. The number of hydrogen-bond acceptors (Lipinski definition) is 14. The smallest absolute Gasteiger partial charge is 0.348 e. The lowest BCUT2D eigenvalue weighted by molar-refractivity contribution is -0.356. The molecule has 6 N–H and O–H groups in total. The van der Waals surface area contributed by atoms with Gasteiger partial charge < -0.3 is 58.7 Å². The van der Waals surface area contributed by atoms with Crippen molar-refractivity contribution < 1.29 is 52.9 Å². The molecule has 2 aliphatic heterocycles. The van der Waals surface area contributed by atoms with Crippen LogP contribution in [0.2, 0.25) is 0 Å². The Morgan fingerprint density at radius 3 is 2.29 bits per heavy atom. The maximum absolute atomic E-state index is 13.4. The number of aliphatic hydroxyl groups is 3. The summed E-state index contributed by atoms with van der Waals surface area (Å²) in [6.45, 7) is 6.21. The number of fused-ring (bicyclic) bond motifs is 2. The molecule has 7 rings (SSSR count). The van der Waals surface area contributed by atoms with Gasteiger partial charge in [0.05, 0.1) is 29.0 Å². The molecule has 14 nitrogen and oxygen atoms in total. The van der Waals surface area contributed by atoms with Gasteiger partial charge in [0.1, 0.15) is 46.4 Å². The molecule has 2 saturated heterocycles. The normalized spacial score (nSPS) is 32.6. The minimum atomic E-state index is -1.99. The van der Waals surface area contributed by atoms with Gasteiger partial charge in [-0.2, -0.15) is 0 Å². The van der Waals surface area contributed by atoms with Crippen LogP contribution in [0.15, 0.2) is 48.8 Å². The van der Waals surface area contributed by atoms with Gasteiger partial charge in [-0.25, -0.2) is 9.59 Å². The van der Waals surface area contributed by atoms with E-state index in [1.165, 1.54) is 33.1 Å². The SMILES string of the molecule is COC1C(N)C(OC2C(Oc3cccc4c(O)c5c(=O)oc6ccc(C)c7c(=O)oc(c34)c5c67)OC(C)C(O)C2(C)O)OC(C)C1O.Cl. The number of rotatable bonds is 5. The number of ether oxygens (including phenoxy) is 5. The Hall–Kier alpha value is -3.57. The Balaban J connectivity index is 0.00000401. The quantitative estimate of drug-likeness (QED) is 0.102. The largest absolute Gasteiger partial charge is 0.506 e. The van der Waals surface area contributed by atoms with Crippen molar-refractivity contribution in [2.45, 2.75) is 88.5 Å². The van der Waals surface area contributed by atoms with Crippen molar-refractivity contribution in [2.75, 3.05) is 7.11 Å². The molecule has 10 unspecified atom stereocenters. The monoisotopic (exact) mass is 689 g/mol. The average Bonchev–Trinajstić information content (AvgIpc) is 3.02. The van der Waals surface area contributed by atoms with Crippen LogP contribution in [0.5, 0.6) is 11.5 Å². The van der Waals surface area contributed by atoms with Crippen LogP contribution in [0.3, 0.4) is 0 Å². The van der Waals surface area contributed by atoms with Gasteiger partial charge in [-0.3, -0.25) is 0 Å². The summed E-state index contributed by atoms with van der Waals surface area (Å²) in [5.41, 5.74) is 3.52. The minimum absolute atomic E-state index is 0. The molecule has 0 spiro atoms. The molecule has 2 fully saturated rings. The van der Waals surface area contributed by atoms with Gasteiger partial charge in [-0.15, -0.1) is 12.4 Å². The third-order valence-electron chi connectivity index (χ3n) is 9.52. The summed E-state index contributed by atoms with van der Waals surface area (Å²) in [5, 5.41) is 45.3. The topological polar surface area (TPSA) is 214 Å². The fourth-order valence-electron chi connectivity index (χ4n) is 6.96. The number of halogens is 1. The highest BCUT2D eigenvalue weighted by atomic mass is 35.5. The Bertz CT molecular complexity index is 2130. The fourth-order valence-corrected chi connectivity index (χ4v) is 6.96. The van der Waals surface area contributed by atoms with Gasteiger partial charge in [0, 0.05) is 23.3 Å². The predicted octanol–water partition coefficient (Wildman–Crippen LogP) is 2.15. The number of methoxy groups -OCH3 is 1. The van der Waals surface area contributed by atoms with E-state index in [-0.39, 0.29) is 56.3 Å². The molecule has 2 aliphatic rings. The first-order valence-corrected chi connectivity index (χ1v) is 15.2. The van der Waals surface area contributed by atoms with Crippen LogP contribution in [0, 0.1) is 6.92 Å². The van der Waals surface area contributed by atoms with Crippen LogP contribution in [0.1, 0.15) is 26.3 Å². The molecule has 2 aromatic heterocycles. The number of benzene rings is 3. The van der Waals surface area contributed by atoms with Crippen LogP contribution in [0.25, 0.3) is 43.5 Å². The Labute approximate surface area is 278 Å². The van der Waals surface area contributed by atoms with Crippen molar-refractivity contribution in [3.05, 3.63) is 56.7 Å². The van der Waals surface area contributed by atoms with E-state index in [4.69, 9.17) is 38.3 Å². The summed E-state index contributed by atoms with van der Waals surface area (Å²) < 4.78 is 41.2. The number of aromatic hydroxyl groups is 1. The summed E-state index contributed by atoms with van der Waals surface area (Å²) in [4.78, 5) is 26.6. The summed E-state index contributed by atoms with van der Waals surface area (Å²) in [6.07, 6.45) is -9.22. The number of nitrogens with two attached hydrogens (primary N) is 1. The van der Waals surface area contributed by atoms with E-state index in [9.17, 15) is 30.0 Å². The Morgan fingerprint density at radius 1 is 0.896 bits per heavy atom. The van der Waals surface area contributed by atoms with Crippen LogP contribution in [0.4, 0.5) is 0 Å². The predicted molar refractivity (Wildman–Crippen MR) is 174 cm³/mol. The van der Waals surface area contributed by atoms with Crippen molar-refractivity contribution in [3.8, 4) is 11.5 Å². The van der Waals surface area contributed by atoms with Crippen molar-refractivity contribution >= 4 is 55.9 Å². The fraction of sp³-hybridized carbons (Fsp3) is 0.455. The van der Waals surface area contributed by atoms with Crippen molar-refractivity contribution in [1.29, 1.82) is 0 Å². The van der Waals surface area contributed by atoms with Gasteiger partial charge in [0.25, 0.3) is 0 Å². The number of hydrogen-bond donors (Lipinski definition) is 5. The molecule has 10 atom stereocenters. The molecule has 0 saturated carbocycles. The van der Waals surface area contributed by atoms with E-state index in [0.717, 1.165) is 0 Å². The second-order valence-electron chi connectivity index (χ2n) is 12.5. The molecule has 15 heteroatoms. The van der Waals surface area contributed by atoms with Gasteiger partial charge in [-0.05, 0) is 45.4 Å². The molecular weight excluding hydrogens is 654 g/mol. The highest BCUT2D eigenvalue weighted by Crippen LogP contribution is 2.46.